The number of nitrogens with zero attached hydrogens (tertiary/aromatic N) is 2. The van der Waals surface area contributed by atoms with Crippen molar-refractivity contribution in [1.29, 1.82) is 0 Å². The van der Waals surface area contributed by atoms with Gasteiger partial charge in [-0.3, -0.25) is 14.5 Å². The predicted octanol–water partition coefficient (Wildman–Crippen LogP) is 0.952. The molecule has 0 aliphatic rings. The fourth-order valence-corrected chi connectivity index (χ4v) is 2.62. The van der Waals surface area contributed by atoms with Gasteiger partial charge in [0.2, 0.25) is 0 Å². The van der Waals surface area contributed by atoms with Gasteiger partial charge < -0.3 is 9.05 Å². The highest BCUT2D eigenvalue weighted by Gasteiger charge is 2.25. The minimum Gasteiger partial charge on any atom is -0.312 e. The summed E-state index contributed by atoms with van der Waals surface area (Å²) in [5, 5.41) is 6.78. The van der Waals surface area contributed by atoms with E-state index in [1.807, 2.05) is 0 Å². The first kappa shape index (κ1) is 13.4. The molecule has 0 fully saturated rings. The molecule has 0 bridgehead atoms. The number of rotatable bonds is 7. The summed E-state index contributed by atoms with van der Waals surface area (Å²) in [5.74, 6) is -0.0836. The average molecular weight is 265 g/mol. The van der Waals surface area contributed by atoms with Crippen molar-refractivity contribution in [1.82, 2.24) is 15.2 Å². The van der Waals surface area contributed by atoms with E-state index in [-0.39, 0.29) is 17.7 Å². The van der Waals surface area contributed by atoms with Gasteiger partial charge in [-0.1, -0.05) is 11.8 Å². The van der Waals surface area contributed by atoms with Crippen molar-refractivity contribution in [3.63, 3.8) is 0 Å². The Morgan fingerprint density at radius 1 is 1.56 bits per heavy atom. The predicted molar refractivity (Wildman–Crippen MR) is 58.6 cm³/mol. The van der Waals surface area contributed by atoms with Crippen LogP contribution in [0.15, 0.2) is 11.5 Å². The van der Waals surface area contributed by atoms with Gasteiger partial charge in [0.15, 0.2) is 10.9 Å². The first-order valence-electron chi connectivity index (χ1n) is 4.30. The first-order chi connectivity index (χ1) is 7.59. The minimum atomic E-state index is -3.25. The van der Waals surface area contributed by atoms with Gasteiger partial charge in [0.05, 0.1) is 5.75 Å². The van der Waals surface area contributed by atoms with Crippen molar-refractivity contribution in [2.45, 2.75) is 5.16 Å². The molecule has 0 atom stereocenters. The molecule has 0 radical (unpaired) electrons. The van der Waals surface area contributed by atoms with Crippen LogP contribution in [0.4, 0.5) is 0 Å². The molecule has 16 heavy (non-hydrogen) atoms. The SMILES string of the molecule is COP(=O)(CC(=O)CSc1ncn[nH]1)OC. The molecule has 1 aromatic rings. The number of aromatic amines is 1. The molecule has 0 unspecified atom stereocenters. The Bertz CT molecular complexity index is 375. The maximum atomic E-state index is 11.6. The van der Waals surface area contributed by atoms with Gasteiger partial charge >= 0.3 is 7.60 Å². The lowest BCUT2D eigenvalue weighted by Gasteiger charge is -2.11. The van der Waals surface area contributed by atoms with E-state index < -0.39 is 7.60 Å². The van der Waals surface area contributed by atoms with Crippen LogP contribution in [-0.2, 0) is 18.4 Å². The monoisotopic (exact) mass is 265 g/mol. The number of carbonyl (C=O) groups is 1. The van der Waals surface area contributed by atoms with E-state index in [9.17, 15) is 9.36 Å². The number of thioether (sulfide) groups is 1. The molecule has 0 aliphatic carbocycles. The van der Waals surface area contributed by atoms with Gasteiger partial charge in [-0.25, -0.2) is 4.98 Å². The van der Waals surface area contributed by atoms with Crippen LogP contribution in [-0.4, -0.2) is 47.1 Å². The Kier molecular flexibility index (Phi) is 5.14. The second-order valence-electron chi connectivity index (χ2n) is 2.75. The number of hydrogen-bond acceptors (Lipinski definition) is 7. The number of aromatic nitrogens is 3. The molecule has 0 aliphatic heterocycles. The van der Waals surface area contributed by atoms with Gasteiger partial charge in [-0.2, -0.15) is 5.10 Å². The molecule has 0 amide bonds. The summed E-state index contributed by atoms with van der Waals surface area (Å²) in [6.07, 6.45) is 1.11. The third-order valence-electron chi connectivity index (χ3n) is 1.69. The van der Waals surface area contributed by atoms with Gasteiger partial charge in [-0.05, 0) is 0 Å². The molecule has 90 valence electrons. The lowest BCUT2D eigenvalue weighted by Crippen LogP contribution is -2.10. The fraction of sp³-hybridized carbons (Fsp3) is 0.571. The normalized spacial score (nSPS) is 11.6. The second kappa shape index (κ2) is 6.15. The third kappa shape index (κ3) is 4.05. The quantitative estimate of drug-likeness (QED) is 0.579. The van der Waals surface area contributed by atoms with Crippen LogP contribution in [0.1, 0.15) is 0 Å². The Balaban J connectivity index is 2.39. The minimum absolute atomic E-state index is 0.145. The summed E-state index contributed by atoms with van der Waals surface area (Å²) in [6, 6.07) is 0. The van der Waals surface area contributed by atoms with Crippen LogP contribution < -0.4 is 0 Å². The zero-order valence-electron chi connectivity index (χ0n) is 8.87. The largest absolute Gasteiger partial charge is 0.337 e. The highest BCUT2D eigenvalue weighted by Crippen LogP contribution is 2.46. The molecule has 0 saturated carbocycles. The summed E-state index contributed by atoms with van der Waals surface area (Å²) in [4.78, 5) is 15.3. The van der Waals surface area contributed by atoms with E-state index >= 15 is 0 Å². The van der Waals surface area contributed by atoms with Gasteiger partial charge in [0, 0.05) is 14.2 Å². The number of nitrogens with one attached hydrogen (secondary N) is 1. The topological polar surface area (TPSA) is 94.2 Å². The van der Waals surface area contributed by atoms with Crippen molar-refractivity contribution in [3.05, 3.63) is 6.33 Å². The van der Waals surface area contributed by atoms with Crippen LogP contribution in [0.3, 0.4) is 0 Å². The van der Waals surface area contributed by atoms with E-state index in [1.165, 1.54) is 32.3 Å². The smallest absolute Gasteiger partial charge is 0.312 e. The van der Waals surface area contributed by atoms with Gasteiger partial charge in [-0.15, -0.1) is 0 Å². The number of ketones is 1. The van der Waals surface area contributed by atoms with E-state index in [1.54, 1.807) is 0 Å². The van der Waals surface area contributed by atoms with Crippen molar-refractivity contribution < 1.29 is 18.4 Å². The molecular weight excluding hydrogens is 253 g/mol. The Morgan fingerprint density at radius 3 is 2.75 bits per heavy atom. The summed E-state index contributed by atoms with van der Waals surface area (Å²) in [7, 11) is -0.751. The first-order valence-corrected chi connectivity index (χ1v) is 7.01. The molecule has 7 nitrogen and oxygen atoms in total. The highest BCUT2D eigenvalue weighted by atomic mass is 32.2. The molecule has 0 saturated heterocycles. The third-order valence-corrected chi connectivity index (χ3v) is 4.48. The molecule has 1 heterocycles. The van der Waals surface area contributed by atoms with Crippen LogP contribution in [0.25, 0.3) is 0 Å². The maximum absolute atomic E-state index is 11.6. The Hall–Kier alpha value is -0.690. The van der Waals surface area contributed by atoms with Crippen molar-refractivity contribution in [3.8, 4) is 0 Å². The number of carbonyl (C=O) groups excluding carboxylic acids is 1. The van der Waals surface area contributed by atoms with Gasteiger partial charge in [0.1, 0.15) is 12.5 Å². The zero-order chi connectivity index (χ0) is 12.0. The molecule has 1 N–H and O–H groups in total. The summed E-state index contributed by atoms with van der Waals surface area (Å²) < 4.78 is 20.9. The maximum Gasteiger partial charge on any atom is 0.337 e. The van der Waals surface area contributed by atoms with Crippen molar-refractivity contribution in [2.24, 2.45) is 0 Å². The Labute approximate surface area is 96.8 Å². The molecule has 0 aromatic carbocycles. The summed E-state index contributed by atoms with van der Waals surface area (Å²) in [5.41, 5.74) is 0. The van der Waals surface area contributed by atoms with Crippen LogP contribution in [0.5, 0.6) is 0 Å². The molecule has 0 spiro atoms. The zero-order valence-corrected chi connectivity index (χ0v) is 10.6. The van der Waals surface area contributed by atoms with E-state index in [0.29, 0.717) is 5.16 Å². The number of H-pyrrole nitrogens is 1. The van der Waals surface area contributed by atoms with E-state index in [4.69, 9.17) is 0 Å². The average Bonchev–Trinajstić information content (AvgIpc) is 2.79. The summed E-state index contributed by atoms with van der Waals surface area (Å²) in [6.45, 7) is 0. The standard InChI is InChI=1S/C7H12N3O4PS/c1-13-15(12,14-2)3-6(11)4-16-7-8-5-9-10-7/h5H,3-4H2,1-2H3,(H,8,9,10). The highest BCUT2D eigenvalue weighted by molar-refractivity contribution is 7.99. The summed E-state index contributed by atoms with van der Waals surface area (Å²) >= 11 is 1.19. The van der Waals surface area contributed by atoms with E-state index in [0.717, 1.165) is 0 Å². The van der Waals surface area contributed by atoms with Crippen LogP contribution >= 0.6 is 19.4 Å². The van der Waals surface area contributed by atoms with Crippen LogP contribution in [0, 0.1) is 0 Å². The van der Waals surface area contributed by atoms with Crippen molar-refractivity contribution in [2.75, 3.05) is 26.1 Å². The van der Waals surface area contributed by atoms with E-state index in [2.05, 4.69) is 24.2 Å². The van der Waals surface area contributed by atoms with Crippen molar-refractivity contribution >= 4 is 25.1 Å². The number of hydrogen-bond donors (Lipinski definition) is 1. The fourth-order valence-electron chi connectivity index (χ4n) is 0.878. The van der Waals surface area contributed by atoms with Crippen LogP contribution in [0.2, 0.25) is 0 Å². The lowest BCUT2D eigenvalue weighted by molar-refractivity contribution is -0.114. The lowest BCUT2D eigenvalue weighted by atomic mass is 10.5. The molecular formula is C7H12N3O4PS. The molecule has 9 heteroatoms. The molecule has 1 aromatic heterocycles. The second-order valence-corrected chi connectivity index (χ2v) is 5.98. The number of Topliss-reactive ketones (excluding diaryl/α,β-unsaturated/α-hetero) is 1. The molecule has 1 rings (SSSR count). The Morgan fingerprint density at radius 2 is 2.25 bits per heavy atom. The van der Waals surface area contributed by atoms with Gasteiger partial charge in [0.25, 0.3) is 0 Å².